The van der Waals surface area contributed by atoms with Gasteiger partial charge in [-0.25, -0.2) is 0 Å². The minimum Gasteiger partial charge on any atom is -0.0940 e. The summed E-state index contributed by atoms with van der Waals surface area (Å²) in [6, 6.07) is 0. The maximum Gasteiger partial charge on any atom is 0.187 e. The molecular formula is C10H22PS2+. The molecular weight excluding hydrogens is 215 g/mol. The summed E-state index contributed by atoms with van der Waals surface area (Å²) in [6.45, 7) is 13.7. The van der Waals surface area contributed by atoms with Gasteiger partial charge in [-0.2, -0.15) is 0 Å². The average molecular weight is 237 g/mol. The lowest BCUT2D eigenvalue weighted by atomic mass is 10.5. The zero-order chi connectivity index (χ0) is 10.8. The first kappa shape index (κ1) is 13.9. The van der Waals surface area contributed by atoms with E-state index in [9.17, 15) is 0 Å². The normalized spacial score (nSPS) is 13.1. The van der Waals surface area contributed by atoms with Gasteiger partial charge >= 0.3 is 0 Å². The van der Waals surface area contributed by atoms with Crippen LogP contribution >= 0.6 is 32.1 Å². The van der Waals surface area contributed by atoms with E-state index in [1.807, 2.05) is 0 Å². The molecule has 0 amide bonds. The molecule has 0 spiro atoms. The Balaban J connectivity index is 5.19. The minimum atomic E-state index is -1.19. The smallest absolute Gasteiger partial charge is 0.0940 e. The second-order valence-corrected chi connectivity index (χ2v) is 11.4. The topological polar surface area (TPSA) is 0 Å². The van der Waals surface area contributed by atoms with Gasteiger partial charge in [-0.05, 0) is 53.8 Å². The quantitative estimate of drug-likeness (QED) is 0.428. The molecule has 0 bridgehead atoms. The molecule has 0 aliphatic heterocycles. The van der Waals surface area contributed by atoms with E-state index in [4.69, 9.17) is 12.2 Å². The Kier molecular flexibility index (Phi) is 5.43. The van der Waals surface area contributed by atoms with Crippen LogP contribution in [0.15, 0.2) is 0 Å². The van der Waals surface area contributed by atoms with Crippen LogP contribution in [0.4, 0.5) is 0 Å². The Morgan fingerprint density at radius 3 is 1.15 bits per heavy atom. The second-order valence-electron chi connectivity index (χ2n) is 4.40. The first-order valence-electron chi connectivity index (χ1n) is 4.89. The van der Waals surface area contributed by atoms with Gasteiger partial charge in [0, 0.05) is 0 Å². The molecule has 78 valence electrons. The Bertz CT molecular complexity index is 164. The van der Waals surface area contributed by atoms with Gasteiger partial charge < -0.3 is 0 Å². The first-order chi connectivity index (χ1) is 5.77. The SMILES string of the molecule is CC(C)[P+](C(=S)S)(C(C)C)C(C)C. The van der Waals surface area contributed by atoms with E-state index in [1.165, 1.54) is 0 Å². The molecule has 0 saturated carbocycles. The van der Waals surface area contributed by atoms with Crippen molar-refractivity contribution in [1.29, 1.82) is 0 Å². The summed E-state index contributed by atoms with van der Waals surface area (Å²) < 4.78 is 0.979. The largest absolute Gasteiger partial charge is 0.187 e. The molecule has 0 aromatic heterocycles. The maximum atomic E-state index is 5.37. The van der Waals surface area contributed by atoms with Crippen molar-refractivity contribution in [3.05, 3.63) is 0 Å². The highest BCUT2D eigenvalue weighted by Crippen LogP contribution is 2.71. The number of hydrogen-bond donors (Lipinski definition) is 1. The highest BCUT2D eigenvalue weighted by molar-refractivity contribution is 8.31. The molecule has 0 fully saturated rings. The zero-order valence-electron chi connectivity index (χ0n) is 9.53. The van der Waals surface area contributed by atoms with Crippen LogP contribution in [0.5, 0.6) is 0 Å². The monoisotopic (exact) mass is 237 g/mol. The Morgan fingerprint density at radius 2 is 1.15 bits per heavy atom. The van der Waals surface area contributed by atoms with Crippen LogP contribution in [0.25, 0.3) is 0 Å². The highest BCUT2D eigenvalue weighted by atomic mass is 32.1. The van der Waals surface area contributed by atoms with Crippen molar-refractivity contribution >= 4 is 36.0 Å². The van der Waals surface area contributed by atoms with E-state index >= 15 is 0 Å². The van der Waals surface area contributed by atoms with Crippen molar-refractivity contribution in [3.8, 4) is 0 Å². The molecule has 0 nitrogen and oxygen atoms in total. The molecule has 0 aromatic carbocycles. The van der Waals surface area contributed by atoms with Gasteiger partial charge in [0.05, 0.1) is 24.2 Å². The summed E-state index contributed by atoms with van der Waals surface area (Å²) in [5, 5.41) is 0. The lowest BCUT2D eigenvalue weighted by Gasteiger charge is -2.36. The zero-order valence-corrected chi connectivity index (χ0v) is 12.1. The van der Waals surface area contributed by atoms with Crippen molar-refractivity contribution in [2.75, 3.05) is 0 Å². The van der Waals surface area contributed by atoms with Crippen molar-refractivity contribution in [2.24, 2.45) is 0 Å². The van der Waals surface area contributed by atoms with E-state index in [2.05, 4.69) is 54.2 Å². The third-order valence-corrected chi connectivity index (χ3v) is 10.7. The fourth-order valence-electron chi connectivity index (χ4n) is 2.45. The van der Waals surface area contributed by atoms with Gasteiger partial charge in [0.25, 0.3) is 0 Å². The maximum absolute atomic E-state index is 5.37. The van der Waals surface area contributed by atoms with Crippen molar-refractivity contribution < 1.29 is 0 Å². The molecule has 0 saturated heterocycles. The minimum absolute atomic E-state index is 0.664. The molecule has 0 aromatic rings. The van der Waals surface area contributed by atoms with Gasteiger partial charge in [0.15, 0.2) is 3.94 Å². The fourth-order valence-corrected chi connectivity index (χ4v) is 11.3. The molecule has 0 N–H and O–H groups in total. The van der Waals surface area contributed by atoms with Crippen LogP contribution in [-0.4, -0.2) is 20.9 Å². The summed E-state index contributed by atoms with van der Waals surface area (Å²) in [5.41, 5.74) is 1.99. The van der Waals surface area contributed by atoms with Gasteiger partial charge in [-0.3, -0.25) is 0 Å². The van der Waals surface area contributed by atoms with Gasteiger partial charge in [-0.1, -0.05) is 12.6 Å². The second kappa shape index (κ2) is 5.09. The summed E-state index contributed by atoms with van der Waals surface area (Å²) in [6.07, 6.45) is 0. The summed E-state index contributed by atoms with van der Waals surface area (Å²) in [7, 11) is -1.19. The Hall–Kier alpha value is 0.870. The van der Waals surface area contributed by atoms with E-state index in [0.717, 1.165) is 3.94 Å². The van der Waals surface area contributed by atoms with Crippen molar-refractivity contribution in [2.45, 2.75) is 58.5 Å². The third-order valence-electron chi connectivity index (χ3n) is 2.89. The Morgan fingerprint density at radius 1 is 0.923 bits per heavy atom. The Labute approximate surface area is 94.6 Å². The highest BCUT2D eigenvalue weighted by Gasteiger charge is 2.50. The number of thiol groups is 1. The molecule has 13 heavy (non-hydrogen) atoms. The first-order valence-corrected chi connectivity index (χ1v) is 7.74. The van der Waals surface area contributed by atoms with Crippen LogP contribution in [-0.2, 0) is 0 Å². The molecule has 3 heteroatoms. The number of hydrogen-bond acceptors (Lipinski definition) is 1. The van der Waals surface area contributed by atoms with E-state index in [1.54, 1.807) is 0 Å². The van der Waals surface area contributed by atoms with Crippen LogP contribution < -0.4 is 0 Å². The molecule has 0 atom stereocenters. The third kappa shape index (κ3) is 2.46. The molecule has 0 aliphatic carbocycles. The fraction of sp³-hybridized carbons (Fsp3) is 0.900. The molecule has 0 radical (unpaired) electrons. The predicted molar refractivity (Wildman–Crippen MR) is 73.9 cm³/mol. The van der Waals surface area contributed by atoms with E-state index in [-0.39, 0.29) is 0 Å². The van der Waals surface area contributed by atoms with Crippen LogP contribution in [0.3, 0.4) is 0 Å². The van der Waals surface area contributed by atoms with Gasteiger partial charge in [0.2, 0.25) is 0 Å². The van der Waals surface area contributed by atoms with E-state index in [0.29, 0.717) is 17.0 Å². The van der Waals surface area contributed by atoms with Crippen LogP contribution in [0.2, 0.25) is 0 Å². The van der Waals surface area contributed by atoms with Crippen molar-refractivity contribution in [3.63, 3.8) is 0 Å². The summed E-state index contributed by atoms with van der Waals surface area (Å²) in [4.78, 5) is 0. The standard InChI is InChI=1S/C10H21PS2/c1-7(2)11(8(3)4,9(5)6)10(12)13/h7-9H,1-6H3/p+1. The molecule has 0 rings (SSSR count). The predicted octanol–water partition coefficient (Wildman–Crippen LogP) is 4.44. The molecule has 0 heterocycles. The summed E-state index contributed by atoms with van der Waals surface area (Å²) in [5.74, 6) is 0. The van der Waals surface area contributed by atoms with Crippen molar-refractivity contribution in [1.82, 2.24) is 0 Å². The van der Waals surface area contributed by atoms with E-state index < -0.39 is 7.26 Å². The van der Waals surface area contributed by atoms with Gasteiger partial charge in [-0.15, -0.1) is 0 Å². The lowest BCUT2D eigenvalue weighted by molar-refractivity contribution is 0.934. The van der Waals surface area contributed by atoms with Crippen LogP contribution in [0, 0.1) is 0 Å². The lowest BCUT2D eigenvalue weighted by Crippen LogP contribution is -2.26. The van der Waals surface area contributed by atoms with Crippen LogP contribution in [0.1, 0.15) is 41.5 Å². The number of thiocarbonyl (C=S) groups is 1. The average Bonchev–Trinajstić information content (AvgIpc) is 1.82. The molecule has 0 unspecified atom stereocenters. The van der Waals surface area contributed by atoms with Gasteiger partial charge in [0.1, 0.15) is 0 Å². The summed E-state index contributed by atoms with van der Waals surface area (Å²) >= 11 is 9.85. The molecule has 0 aliphatic rings. The number of rotatable bonds is 4.